The summed E-state index contributed by atoms with van der Waals surface area (Å²) in [6.45, 7) is 0.416. The highest BCUT2D eigenvalue weighted by atomic mass is 79.9. The first-order chi connectivity index (χ1) is 16.0. The van der Waals surface area contributed by atoms with E-state index in [1.54, 1.807) is 24.3 Å². The van der Waals surface area contributed by atoms with Crippen molar-refractivity contribution >= 4 is 44.5 Å². The minimum Gasteiger partial charge on any atom is -0.488 e. The van der Waals surface area contributed by atoms with Crippen molar-refractivity contribution < 1.29 is 14.5 Å². The van der Waals surface area contributed by atoms with E-state index in [1.165, 1.54) is 24.4 Å². The lowest BCUT2D eigenvalue weighted by atomic mass is 10.1. The molecule has 4 aromatic rings. The molecular formula is C25H18BrN3O4. The van der Waals surface area contributed by atoms with Crippen molar-refractivity contribution in [1.82, 2.24) is 5.43 Å². The number of nitrogens with one attached hydrogen (secondary N) is 1. The van der Waals surface area contributed by atoms with Crippen molar-refractivity contribution in [1.29, 1.82) is 0 Å². The molecule has 1 amide bonds. The number of hydrogen-bond acceptors (Lipinski definition) is 5. The van der Waals surface area contributed by atoms with Crippen LogP contribution in [0.4, 0.5) is 5.69 Å². The van der Waals surface area contributed by atoms with Gasteiger partial charge in [-0.15, -0.1) is 0 Å². The minimum absolute atomic E-state index is 0.0574. The lowest BCUT2D eigenvalue weighted by Crippen LogP contribution is -2.18. The highest BCUT2D eigenvalue weighted by Gasteiger charge is 2.18. The second kappa shape index (κ2) is 10.1. The van der Waals surface area contributed by atoms with Crippen LogP contribution in [0.5, 0.6) is 5.75 Å². The molecule has 0 saturated heterocycles. The Labute approximate surface area is 198 Å². The van der Waals surface area contributed by atoms with Crippen LogP contribution in [0.2, 0.25) is 0 Å². The lowest BCUT2D eigenvalue weighted by Gasteiger charge is -2.11. The van der Waals surface area contributed by atoms with Gasteiger partial charge in [-0.3, -0.25) is 14.9 Å². The van der Waals surface area contributed by atoms with Gasteiger partial charge in [-0.25, -0.2) is 5.43 Å². The van der Waals surface area contributed by atoms with Gasteiger partial charge in [0.15, 0.2) is 0 Å². The summed E-state index contributed by atoms with van der Waals surface area (Å²) in [5, 5.41) is 17.3. The monoisotopic (exact) mass is 503 g/mol. The van der Waals surface area contributed by atoms with Crippen LogP contribution in [0.25, 0.3) is 10.8 Å². The molecule has 0 atom stereocenters. The smallest absolute Gasteiger partial charge is 0.282 e. The van der Waals surface area contributed by atoms with Gasteiger partial charge < -0.3 is 4.74 Å². The van der Waals surface area contributed by atoms with Gasteiger partial charge in [0.1, 0.15) is 17.9 Å². The number of nitrogens with zero attached hydrogens (tertiary/aromatic N) is 2. The van der Waals surface area contributed by atoms with Crippen LogP contribution < -0.4 is 10.2 Å². The maximum atomic E-state index is 12.2. The molecule has 0 aliphatic heterocycles. The molecule has 0 saturated carbocycles. The number of halogens is 1. The standard InChI is InChI=1S/C25H18BrN3O4/c26-22-14-17(15-27-28-25(30)21-10-3-4-11-23(21)29(31)32)12-13-24(22)33-16-19-8-5-7-18-6-1-2-9-20(18)19/h1-15H,16H2,(H,28,30)/b27-15-. The molecule has 0 heterocycles. The van der Waals surface area contributed by atoms with E-state index in [-0.39, 0.29) is 11.3 Å². The Hall–Kier alpha value is -4.04. The van der Waals surface area contributed by atoms with Crippen molar-refractivity contribution in [2.45, 2.75) is 6.61 Å². The Bertz CT molecular complexity index is 1370. The molecule has 4 rings (SSSR count). The number of hydrogen-bond donors (Lipinski definition) is 1. The SMILES string of the molecule is O=C(N/N=C\c1ccc(OCc2cccc3ccccc23)c(Br)c1)c1ccccc1[N+](=O)[O-]. The second-order valence-electron chi connectivity index (χ2n) is 7.09. The third-order valence-electron chi connectivity index (χ3n) is 4.94. The Kier molecular flexibility index (Phi) is 6.75. The summed E-state index contributed by atoms with van der Waals surface area (Å²) in [7, 11) is 0. The zero-order valence-electron chi connectivity index (χ0n) is 17.3. The molecule has 0 aliphatic carbocycles. The van der Waals surface area contributed by atoms with E-state index in [1.807, 2.05) is 24.3 Å². The highest BCUT2D eigenvalue weighted by Crippen LogP contribution is 2.27. The number of benzene rings is 4. The van der Waals surface area contributed by atoms with Crippen molar-refractivity contribution in [2.75, 3.05) is 0 Å². The summed E-state index contributed by atoms with van der Waals surface area (Å²) < 4.78 is 6.73. The zero-order valence-corrected chi connectivity index (χ0v) is 18.9. The molecule has 1 N–H and O–H groups in total. The van der Waals surface area contributed by atoms with Crippen LogP contribution in [0.3, 0.4) is 0 Å². The number of para-hydroxylation sites is 1. The van der Waals surface area contributed by atoms with Crippen LogP contribution >= 0.6 is 15.9 Å². The number of carbonyl (C=O) groups excluding carboxylic acids is 1. The third kappa shape index (κ3) is 5.24. The molecule has 0 aromatic heterocycles. The summed E-state index contributed by atoms with van der Waals surface area (Å²) in [6.07, 6.45) is 1.45. The summed E-state index contributed by atoms with van der Waals surface area (Å²) in [6, 6.07) is 25.4. The van der Waals surface area contributed by atoms with Crippen LogP contribution in [-0.4, -0.2) is 17.0 Å². The molecule has 0 unspecified atom stereocenters. The first kappa shape index (κ1) is 22.2. The number of nitro benzene ring substituents is 1. The van der Waals surface area contributed by atoms with Crippen LogP contribution in [0.1, 0.15) is 21.5 Å². The number of amides is 1. The van der Waals surface area contributed by atoms with E-state index in [9.17, 15) is 14.9 Å². The molecule has 164 valence electrons. The van der Waals surface area contributed by atoms with Crippen molar-refractivity contribution in [3.05, 3.63) is 116 Å². The van der Waals surface area contributed by atoms with Crippen LogP contribution in [-0.2, 0) is 6.61 Å². The average molecular weight is 504 g/mol. The molecule has 7 nitrogen and oxygen atoms in total. The molecule has 8 heteroatoms. The molecule has 0 spiro atoms. The van der Waals surface area contributed by atoms with Crippen molar-refractivity contribution in [3.8, 4) is 5.75 Å². The predicted molar refractivity (Wildman–Crippen MR) is 131 cm³/mol. The minimum atomic E-state index is -0.660. The number of nitro groups is 1. The Morgan fingerprint density at radius 2 is 1.79 bits per heavy atom. The lowest BCUT2D eigenvalue weighted by molar-refractivity contribution is -0.385. The van der Waals surface area contributed by atoms with E-state index in [0.717, 1.165) is 20.8 Å². The van der Waals surface area contributed by atoms with Crippen LogP contribution in [0.15, 0.2) is 94.5 Å². The summed E-state index contributed by atoms with van der Waals surface area (Å²) >= 11 is 3.50. The van der Waals surface area contributed by atoms with Gasteiger partial charge in [-0.2, -0.15) is 5.10 Å². The molecule has 4 aromatic carbocycles. The first-order valence-corrected chi connectivity index (χ1v) is 10.8. The molecule has 33 heavy (non-hydrogen) atoms. The van der Waals surface area contributed by atoms with Crippen LogP contribution in [0, 0.1) is 10.1 Å². The largest absolute Gasteiger partial charge is 0.488 e. The maximum absolute atomic E-state index is 12.2. The van der Waals surface area contributed by atoms with E-state index in [4.69, 9.17) is 4.74 Å². The number of carbonyl (C=O) groups is 1. The molecule has 0 radical (unpaired) electrons. The molecule has 0 aliphatic rings. The number of ether oxygens (including phenoxy) is 1. The molecular weight excluding hydrogens is 486 g/mol. The fourth-order valence-corrected chi connectivity index (χ4v) is 3.85. The highest BCUT2D eigenvalue weighted by molar-refractivity contribution is 9.10. The van der Waals surface area contributed by atoms with Gasteiger partial charge >= 0.3 is 0 Å². The van der Waals surface area contributed by atoms with Crippen molar-refractivity contribution in [2.24, 2.45) is 5.10 Å². The number of rotatable bonds is 7. The first-order valence-electron chi connectivity index (χ1n) is 9.99. The fourth-order valence-electron chi connectivity index (χ4n) is 3.34. The van der Waals surface area contributed by atoms with E-state index < -0.39 is 10.8 Å². The fraction of sp³-hybridized carbons (Fsp3) is 0.0400. The zero-order chi connectivity index (χ0) is 23.2. The third-order valence-corrected chi connectivity index (χ3v) is 5.56. The Morgan fingerprint density at radius 3 is 2.61 bits per heavy atom. The van der Waals surface area contributed by atoms with Gasteiger partial charge in [-0.1, -0.05) is 54.6 Å². The van der Waals surface area contributed by atoms with E-state index >= 15 is 0 Å². The van der Waals surface area contributed by atoms with Gasteiger partial charge in [0.05, 0.1) is 15.6 Å². The van der Waals surface area contributed by atoms with E-state index in [0.29, 0.717) is 17.9 Å². The summed E-state index contributed by atoms with van der Waals surface area (Å²) in [4.78, 5) is 22.7. The van der Waals surface area contributed by atoms with E-state index in [2.05, 4.69) is 44.7 Å². The quantitative estimate of drug-likeness (QED) is 0.194. The summed E-state index contributed by atoms with van der Waals surface area (Å²) in [5.41, 5.74) is 3.78. The number of fused-ring (bicyclic) bond motifs is 1. The molecule has 0 fully saturated rings. The molecule has 0 bridgehead atoms. The van der Waals surface area contributed by atoms with Gasteiger partial charge in [-0.05, 0) is 62.1 Å². The average Bonchev–Trinajstić information content (AvgIpc) is 2.83. The maximum Gasteiger partial charge on any atom is 0.282 e. The second-order valence-corrected chi connectivity index (χ2v) is 7.94. The normalized spacial score (nSPS) is 10.9. The predicted octanol–water partition coefficient (Wildman–Crippen LogP) is 5.85. The van der Waals surface area contributed by atoms with Gasteiger partial charge in [0, 0.05) is 6.07 Å². The van der Waals surface area contributed by atoms with Crippen molar-refractivity contribution in [3.63, 3.8) is 0 Å². The Morgan fingerprint density at radius 1 is 1.03 bits per heavy atom. The number of hydrazone groups is 1. The summed E-state index contributed by atoms with van der Waals surface area (Å²) in [5.74, 6) is 0.0108. The van der Waals surface area contributed by atoms with Gasteiger partial charge in [0.2, 0.25) is 0 Å². The topological polar surface area (TPSA) is 93.8 Å². The van der Waals surface area contributed by atoms with Gasteiger partial charge in [0.25, 0.3) is 11.6 Å². The Balaban J connectivity index is 1.41.